The zero-order valence-corrected chi connectivity index (χ0v) is 11.1. The Labute approximate surface area is 107 Å². The van der Waals surface area contributed by atoms with Crippen molar-refractivity contribution in [2.75, 3.05) is 12.3 Å². The van der Waals surface area contributed by atoms with Crippen LogP contribution in [0, 0.1) is 6.92 Å². The van der Waals surface area contributed by atoms with Crippen molar-refractivity contribution in [3.63, 3.8) is 0 Å². The molecule has 0 N–H and O–H groups in total. The molecule has 90 valence electrons. The van der Waals surface area contributed by atoms with Crippen molar-refractivity contribution < 1.29 is 4.79 Å². The molecule has 3 heteroatoms. The van der Waals surface area contributed by atoms with Crippen LogP contribution in [0.25, 0.3) is 0 Å². The Morgan fingerprint density at radius 2 is 1.94 bits per heavy atom. The number of nitrogens with zero attached hydrogens (tertiary/aromatic N) is 1. The van der Waals surface area contributed by atoms with Gasteiger partial charge in [-0.2, -0.15) is 0 Å². The zero-order chi connectivity index (χ0) is 12.3. The van der Waals surface area contributed by atoms with E-state index in [1.807, 2.05) is 11.8 Å². The lowest BCUT2D eigenvalue weighted by molar-refractivity contribution is -0.126. The molecule has 2 nitrogen and oxygen atoms in total. The fourth-order valence-electron chi connectivity index (χ4n) is 1.87. The standard InChI is InChI=1S/C14H17NOS/c1-11-3-5-13(6-4-11)7-8-15-12(2)9-17-10-14(15)16/h3-6,9H,7-8,10H2,1-2H3. The molecule has 2 rings (SSSR count). The maximum atomic E-state index is 11.7. The summed E-state index contributed by atoms with van der Waals surface area (Å²) in [5, 5.41) is 2.07. The highest BCUT2D eigenvalue weighted by Gasteiger charge is 2.18. The van der Waals surface area contributed by atoms with Crippen LogP contribution in [-0.2, 0) is 11.2 Å². The Hall–Kier alpha value is -1.22. The smallest absolute Gasteiger partial charge is 0.237 e. The summed E-state index contributed by atoms with van der Waals surface area (Å²) < 4.78 is 0. The van der Waals surface area contributed by atoms with Crippen LogP contribution >= 0.6 is 11.8 Å². The van der Waals surface area contributed by atoms with Crippen LogP contribution in [0.15, 0.2) is 35.4 Å². The lowest BCUT2D eigenvalue weighted by Gasteiger charge is -2.26. The van der Waals surface area contributed by atoms with Crippen molar-refractivity contribution in [1.82, 2.24) is 4.90 Å². The first kappa shape index (κ1) is 12.2. The molecule has 0 aromatic heterocycles. The molecule has 1 aromatic carbocycles. The van der Waals surface area contributed by atoms with Crippen molar-refractivity contribution in [2.45, 2.75) is 20.3 Å². The topological polar surface area (TPSA) is 20.3 Å². The molecule has 0 aliphatic carbocycles. The first-order valence-electron chi connectivity index (χ1n) is 5.81. The normalized spacial score (nSPS) is 16.0. The average Bonchev–Trinajstić information content (AvgIpc) is 2.31. The summed E-state index contributed by atoms with van der Waals surface area (Å²) in [7, 11) is 0. The number of benzene rings is 1. The minimum absolute atomic E-state index is 0.224. The molecule has 1 amide bonds. The van der Waals surface area contributed by atoms with Gasteiger partial charge in [0.25, 0.3) is 0 Å². The molecule has 0 atom stereocenters. The quantitative estimate of drug-likeness (QED) is 0.818. The number of carbonyl (C=O) groups is 1. The van der Waals surface area contributed by atoms with Crippen molar-refractivity contribution >= 4 is 17.7 Å². The summed E-state index contributed by atoms with van der Waals surface area (Å²) >= 11 is 1.59. The molecule has 0 bridgehead atoms. The fraction of sp³-hybridized carbons (Fsp3) is 0.357. The Kier molecular flexibility index (Phi) is 3.89. The van der Waals surface area contributed by atoms with E-state index in [0.717, 1.165) is 18.7 Å². The molecular formula is C14H17NOS. The number of allylic oxidation sites excluding steroid dienone is 1. The van der Waals surface area contributed by atoms with E-state index >= 15 is 0 Å². The van der Waals surface area contributed by atoms with E-state index in [9.17, 15) is 4.79 Å². The monoisotopic (exact) mass is 247 g/mol. The van der Waals surface area contributed by atoms with E-state index in [1.165, 1.54) is 11.1 Å². The van der Waals surface area contributed by atoms with E-state index in [0.29, 0.717) is 5.75 Å². The van der Waals surface area contributed by atoms with Crippen molar-refractivity contribution in [1.29, 1.82) is 0 Å². The Balaban J connectivity index is 1.97. The minimum atomic E-state index is 0.224. The van der Waals surface area contributed by atoms with Gasteiger partial charge in [-0.05, 0) is 31.2 Å². The Morgan fingerprint density at radius 3 is 2.59 bits per heavy atom. The first-order chi connectivity index (χ1) is 8.16. The second-order valence-electron chi connectivity index (χ2n) is 4.35. The summed E-state index contributed by atoms with van der Waals surface area (Å²) in [6.07, 6.45) is 0.919. The predicted octanol–water partition coefficient (Wildman–Crippen LogP) is 2.97. The lowest BCUT2D eigenvalue weighted by atomic mass is 10.1. The van der Waals surface area contributed by atoms with E-state index < -0.39 is 0 Å². The van der Waals surface area contributed by atoms with Crippen LogP contribution in [0.5, 0.6) is 0 Å². The van der Waals surface area contributed by atoms with Gasteiger partial charge in [0.2, 0.25) is 5.91 Å². The fourth-order valence-corrected chi connectivity index (χ4v) is 2.62. The highest BCUT2D eigenvalue weighted by molar-refractivity contribution is 8.02. The predicted molar refractivity (Wildman–Crippen MR) is 72.8 cm³/mol. The van der Waals surface area contributed by atoms with Crippen LogP contribution in [0.1, 0.15) is 18.1 Å². The number of carbonyl (C=O) groups excluding carboxylic acids is 1. The number of rotatable bonds is 3. The molecule has 0 radical (unpaired) electrons. The summed E-state index contributed by atoms with van der Waals surface area (Å²) in [5.41, 5.74) is 3.63. The molecule has 1 aliphatic rings. The molecule has 1 heterocycles. The van der Waals surface area contributed by atoms with Gasteiger partial charge < -0.3 is 4.90 Å². The largest absolute Gasteiger partial charge is 0.315 e. The summed E-state index contributed by atoms with van der Waals surface area (Å²) in [5.74, 6) is 0.799. The maximum Gasteiger partial charge on any atom is 0.237 e. The van der Waals surface area contributed by atoms with E-state index in [4.69, 9.17) is 0 Å². The van der Waals surface area contributed by atoms with Gasteiger partial charge in [-0.1, -0.05) is 29.8 Å². The number of thioether (sulfide) groups is 1. The number of hydrogen-bond acceptors (Lipinski definition) is 2. The second-order valence-corrected chi connectivity index (χ2v) is 5.21. The Bertz CT molecular complexity index is 436. The third kappa shape index (κ3) is 3.13. The van der Waals surface area contributed by atoms with Gasteiger partial charge in [-0.3, -0.25) is 4.79 Å². The summed E-state index contributed by atoms with van der Waals surface area (Å²) in [4.78, 5) is 13.6. The average molecular weight is 247 g/mol. The minimum Gasteiger partial charge on any atom is -0.315 e. The first-order valence-corrected chi connectivity index (χ1v) is 6.86. The summed E-state index contributed by atoms with van der Waals surface area (Å²) in [6.45, 7) is 4.87. The maximum absolute atomic E-state index is 11.7. The van der Waals surface area contributed by atoms with Crippen molar-refractivity contribution in [2.24, 2.45) is 0 Å². The zero-order valence-electron chi connectivity index (χ0n) is 10.3. The van der Waals surface area contributed by atoms with Gasteiger partial charge in [0.05, 0.1) is 5.75 Å². The van der Waals surface area contributed by atoms with Crippen molar-refractivity contribution in [3.05, 3.63) is 46.5 Å². The van der Waals surface area contributed by atoms with E-state index in [1.54, 1.807) is 11.8 Å². The summed E-state index contributed by atoms with van der Waals surface area (Å²) in [6, 6.07) is 8.51. The van der Waals surface area contributed by atoms with Gasteiger partial charge in [-0.25, -0.2) is 0 Å². The molecule has 0 unspecified atom stereocenters. The second kappa shape index (κ2) is 5.41. The van der Waals surface area contributed by atoms with Gasteiger partial charge in [0.15, 0.2) is 0 Å². The van der Waals surface area contributed by atoms with Crippen LogP contribution in [0.2, 0.25) is 0 Å². The van der Waals surface area contributed by atoms with E-state index in [-0.39, 0.29) is 5.91 Å². The third-order valence-electron chi connectivity index (χ3n) is 2.93. The lowest BCUT2D eigenvalue weighted by Crippen LogP contribution is -2.34. The van der Waals surface area contributed by atoms with Crippen LogP contribution in [0.4, 0.5) is 0 Å². The molecule has 0 saturated carbocycles. The SMILES string of the molecule is CC1=CSCC(=O)N1CCc1ccc(C)cc1. The molecule has 1 aliphatic heterocycles. The number of hydrogen-bond donors (Lipinski definition) is 0. The van der Waals surface area contributed by atoms with Gasteiger partial charge >= 0.3 is 0 Å². The third-order valence-corrected chi connectivity index (χ3v) is 3.85. The van der Waals surface area contributed by atoms with Crippen LogP contribution < -0.4 is 0 Å². The van der Waals surface area contributed by atoms with Crippen LogP contribution in [-0.4, -0.2) is 23.1 Å². The number of aryl methyl sites for hydroxylation is 1. The molecule has 17 heavy (non-hydrogen) atoms. The molecule has 0 saturated heterocycles. The highest BCUT2D eigenvalue weighted by Crippen LogP contribution is 2.19. The van der Waals surface area contributed by atoms with Crippen LogP contribution in [0.3, 0.4) is 0 Å². The van der Waals surface area contributed by atoms with E-state index in [2.05, 4.69) is 36.6 Å². The highest BCUT2D eigenvalue weighted by atomic mass is 32.2. The number of amides is 1. The van der Waals surface area contributed by atoms with Gasteiger partial charge in [0, 0.05) is 12.2 Å². The van der Waals surface area contributed by atoms with Gasteiger partial charge in [-0.15, -0.1) is 11.8 Å². The van der Waals surface area contributed by atoms with Gasteiger partial charge in [0.1, 0.15) is 0 Å². The molecule has 0 fully saturated rings. The molecule has 0 spiro atoms. The van der Waals surface area contributed by atoms with Crippen molar-refractivity contribution in [3.8, 4) is 0 Å². The molecule has 1 aromatic rings. The molecular weight excluding hydrogens is 230 g/mol. The Morgan fingerprint density at radius 1 is 1.24 bits per heavy atom.